The Balaban J connectivity index is 2.04. The van der Waals surface area contributed by atoms with E-state index < -0.39 is 12.1 Å². The molecule has 0 saturated heterocycles. The smallest absolute Gasteiger partial charge is 0.303 e. The molecule has 0 amide bonds. The maximum Gasteiger partial charge on any atom is 0.303 e. The summed E-state index contributed by atoms with van der Waals surface area (Å²) < 4.78 is 5.84. The fraction of sp³-hybridized carbons (Fsp3) is 0.316. The molecule has 2 N–H and O–H groups in total. The van der Waals surface area contributed by atoms with Crippen molar-refractivity contribution in [3.8, 4) is 5.75 Å². The van der Waals surface area contributed by atoms with Gasteiger partial charge in [-0.2, -0.15) is 0 Å². The lowest BCUT2D eigenvalue weighted by molar-refractivity contribution is -0.137. The van der Waals surface area contributed by atoms with E-state index in [0.717, 1.165) is 5.56 Å². The Morgan fingerprint density at radius 3 is 2.43 bits per heavy atom. The molecular formula is C19H22O4. The molecular weight excluding hydrogens is 292 g/mol. The molecule has 1 unspecified atom stereocenters. The van der Waals surface area contributed by atoms with Crippen LogP contribution in [0.4, 0.5) is 0 Å². The summed E-state index contributed by atoms with van der Waals surface area (Å²) in [5.41, 5.74) is 4.19. The molecule has 4 heteroatoms. The topological polar surface area (TPSA) is 66.8 Å². The predicted molar refractivity (Wildman–Crippen MR) is 88.5 cm³/mol. The molecule has 4 nitrogen and oxygen atoms in total. The van der Waals surface area contributed by atoms with Crippen LogP contribution in [0.15, 0.2) is 42.5 Å². The molecule has 0 spiro atoms. The van der Waals surface area contributed by atoms with Gasteiger partial charge in [0.1, 0.15) is 12.4 Å². The lowest BCUT2D eigenvalue weighted by Gasteiger charge is -2.14. The van der Waals surface area contributed by atoms with Crippen LogP contribution in [0.3, 0.4) is 0 Å². The largest absolute Gasteiger partial charge is 0.489 e. The van der Waals surface area contributed by atoms with Gasteiger partial charge in [0.25, 0.3) is 0 Å². The van der Waals surface area contributed by atoms with E-state index in [-0.39, 0.29) is 12.8 Å². The second kappa shape index (κ2) is 7.79. The molecule has 0 saturated carbocycles. The summed E-state index contributed by atoms with van der Waals surface area (Å²) in [4.78, 5) is 10.6. The lowest BCUT2D eigenvalue weighted by Crippen LogP contribution is -2.04. The number of carboxylic acid groups (broad SMARTS) is 1. The van der Waals surface area contributed by atoms with Gasteiger partial charge in [-0.05, 0) is 54.7 Å². The van der Waals surface area contributed by atoms with Crippen molar-refractivity contribution in [1.29, 1.82) is 0 Å². The average Bonchev–Trinajstić information content (AvgIpc) is 2.52. The fourth-order valence-electron chi connectivity index (χ4n) is 2.47. The van der Waals surface area contributed by atoms with Gasteiger partial charge < -0.3 is 14.9 Å². The monoisotopic (exact) mass is 314 g/mol. The molecule has 0 aliphatic heterocycles. The highest BCUT2D eigenvalue weighted by Gasteiger charge is 2.11. The van der Waals surface area contributed by atoms with Gasteiger partial charge in [-0.3, -0.25) is 4.79 Å². The van der Waals surface area contributed by atoms with Crippen LogP contribution in [-0.4, -0.2) is 16.2 Å². The molecule has 0 fully saturated rings. The summed E-state index contributed by atoms with van der Waals surface area (Å²) in [6.07, 6.45) is -0.667. The Labute approximate surface area is 136 Å². The quantitative estimate of drug-likeness (QED) is 0.816. The number of benzene rings is 2. The second-order valence-corrected chi connectivity index (χ2v) is 5.68. The van der Waals surface area contributed by atoms with Gasteiger partial charge in [-0.25, -0.2) is 0 Å². The number of ether oxygens (including phenoxy) is 1. The number of aliphatic carboxylic acids is 1. The van der Waals surface area contributed by atoms with E-state index in [9.17, 15) is 9.90 Å². The number of aliphatic hydroxyl groups excluding tert-OH is 1. The first kappa shape index (κ1) is 17.0. The van der Waals surface area contributed by atoms with Crippen molar-refractivity contribution >= 4 is 5.97 Å². The first-order valence-corrected chi connectivity index (χ1v) is 7.65. The zero-order valence-electron chi connectivity index (χ0n) is 13.5. The Bertz CT molecular complexity index is 659. The van der Waals surface area contributed by atoms with Crippen LogP contribution in [0.5, 0.6) is 5.75 Å². The Morgan fingerprint density at radius 2 is 1.78 bits per heavy atom. The molecule has 0 heterocycles. The summed E-state index contributed by atoms with van der Waals surface area (Å²) in [6, 6.07) is 13.3. The Kier molecular flexibility index (Phi) is 5.77. The van der Waals surface area contributed by atoms with Crippen molar-refractivity contribution in [1.82, 2.24) is 0 Å². The molecule has 23 heavy (non-hydrogen) atoms. The highest BCUT2D eigenvalue weighted by molar-refractivity contribution is 5.66. The molecule has 122 valence electrons. The van der Waals surface area contributed by atoms with Gasteiger partial charge in [0.05, 0.1) is 6.10 Å². The molecule has 0 aromatic heterocycles. The van der Waals surface area contributed by atoms with E-state index in [1.54, 1.807) is 18.2 Å². The molecule has 1 atom stereocenters. The normalized spacial score (nSPS) is 12.0. The van der Waals surface area contributed by atoms with Gasteiger partial charge in [0.2, 0.25) is 0 Å². The molecule has 0 bridgehead atoms. The number of carbonyl (C=O) groups is 1. The van der Waals surface area contributed by atoms with Crippen molar-refractivity contribution in [3.63, 3.8) is 0 Å². The van der Waals surface area contributed by atoms with Gasteiger partial charge in [-0.15, -0.1) is 0 Å². The van der Waals surface area contributed by atoms with Crippen LogP contribution in [0, 0.1) is 13.8 Å². The molecule has 0 aliphatic carbocycles. The van der Waals surface area contributed by atoms with E-state index in [0.29, 0.717) is 17.9 Å². The first-order chi connectivity index (χ1) is 11.0. The standard InChI is InChI=1S/C19H22O4/c1-13-5-3-6-14(2)17(13)12-23-16-8-4-7-15(11-16)18(20)9-10-19(21)22/h3-8,11,18,20H,9-10,12H2,1-2H3,(H,21,22). The minimum atomic E-state index is -0.911. The maximum absolute atomic E-state index is 10.6. The van der Waals surface area contributed by atoms with Gasteiger partial charge in [0.15, 0.2) is 0 Å². The van der Waals surface area contributed by atoms with Crippen LogP contribution in [-0.2, 0) is 11.4 Å². The van der Waals surface area contributed by atoms with Gasteiger partial charge in [0, 0.05) is 6.42 Å². The van der Waals surface area contributed by atoms with E-state index >= 15 is 0 Å². The van der Waals surface area contributed by atoms with E-state index in [1.807, 2.05) is 12.1 Å². The van der Waals surface area contributed by atoms with E-state index in [4.69, 9.17) is 9.84 Å². The number of hydrogen-bond donors (Lipinski definition) is 2. The zero-order chi connectivity index (χ0) is 16.8. The predicted octanol–water partition coefficient (Wildman–Crippen LogP) is 3.78. The SMILES string of the molecule is Cc1cccc(C)c1COc1cccc(C(O)CCC(=O)O)c1. The van der Waals surface area contributed by atoms with Crippen LogP contribution in [0.2, 0.25) is 0 Å². The third kappa shape index (κ3) is 4.83. The van der Waals surface area contributed by atoms with Crippen molar-refractivity contribution in [2.24, 2.45) is 0 Å². The summed E-state index contributed by atoms with van der Waals surface area (Å²) >= 11 is 0. The molecule has 0 aliphatic rings. The number of hydrogen-bond acceptors (Lipinski definition) is 3. The minimum Gasteiger partial charge on any atom is -0.489 e. The van der Waals surface area contributed by atoms with Crippen LogP contribution in [0.1, 0.15) is 41.2 Å². The number of carboxylic acids is 1. The lowest BCUT2D eigenvalue weighted by atomic mass is 10.0. The van der Waals surface area contributed by atoms with Crippen molar-refractivity contribution in [2.45, 2.75) is 39.4 Å². The highest BCUT2D eigenvalue weighted by atomic mass is 16.5. The highest BCUT2D eigenvalue weighted by Crippen LogP contribution is 2.24. The molecule has 0 radical (unpaired) electrons. The first-order valence-electron chi connectivity index (χ1n) is 7.65. The minimum absolute atomic E-state index is 0.0609. The second-order valence-electron chi connectivity index (χ2n) is 5.68. The van der Waals surface area contributed by atoms with Crippen LogP contribution < -0.4 is 4.74 Å². The van der Waals surface area contributed by atoms with E-state index in [2.05, 4.69) is 26.0 Å². The molecule has 2 aromatic rings. The number of aryl methyl sites for hydroxylation is 2. The Hall–Kier alpha value is -2.33. The van der Waals surface area contributed by atoms with Crippen molar-refractivity contribution in [2.75, 3.05) is 0 Å². The van der Waals surface area contributed by atoms with Gasteiger partial charge in [-0.1, -0.05) is 30.3 Å². The fourth-order valence-corrected chi connectivity index (χ4v) is 2.47. The summed E-state index contributed by atoms with van der Waals surface area (Å²) in [5.74, 6) is -0.244. The number of aliphatic hydroxyl groups is 1. The van der Waals surface area contributed by atoms with Crippen LogP contribution in [0.25, 0.3) is 0 Å². The van der Waals surface area contributed by atoms with Crippen molar-refractivity contribution in [3.05, 3.63) is 64.7 Å². The molecule has 2 aromatic carbocycles. The van der Waals surface area contributed by atoms with Crippen molar-refractivity contribution < 1.29 is 19.7 Å². The third-order valence-electron chi connectivity index (χ3n) is 3.90. The summed E-state index contributed by atoms with van der Waals surface area (Å²) in [5, 5.41) is 18.7. The maximum atomic E-state index is 10.6. The summed E-state index contributed by atoms with van der Waals surface area (Å²) in [7, 11) is 0. The average molecular weight is 314 g/mol. The number of rotatable bonds is 7. The molecule has 2 rings (SSSR count). The zero-order valence-corrected chi connectivity index (χ0v) is 13.5. The summed E-state index contributed by atoms with van der Waals surface area (Å²) in [6.45, 7) is 4.57. The third-order valence-corrected chi connectivity index (χ3v) is 3.90. The Morgan fingerprint density at radius 1 is 1.13 bits per heavy atom. The van der Waals surface area contributed by atoms with Gasteiger partial charge >= 0.3 is 5.97 Å². The van der Waals surface area contributed by atoms with Crippen LogP contribution >= 0.6 is 0 Å². The van der Waals surface area contributed by atoms with E-state index in [1.165, 1.54) is 11.1 Å².